The third-order valence-corrected chi connectivity index (χ3v) is 4.99. The lowest BCUT2D eigenvalue weighted by atomic mass is 9.98. The van der Waals surface area contributed by atoms with Gasteiger partial charge in [-0.2, -0.15) is 0 Å². The van der Waals surface area contributed by atoms with Crippen molar-refractivity contribution in [3.05, 3.63) is 30.1 Å². The monoisotopic (exact) mass is 338 g/mol. The van der Waals surface area contributed by atoms with E-state index in [1.165, 1.54) is 0 Å². The number of pyridine rings is 1. The van der Waals surface area contributed by atoms with E-state index in [-0.39, 0.29) is 18.3 Å². The van der Waals surface area contributed by atoms with Crippen molar-refractivity contribution in [3.63, 3.8) is 0 Å². The maximum Gasteiger partial charge on any atom is 0.228 e. The van der Waals surface area contributed by atoms with E-state index in [1.54, 1.807) is 0 Å². The summed E-state index contributed by atoms with van der Waals surface area (Å²) in [5, 5.41) is 3.18. The lowest BCUT2D eigenvalue weighted by Crippen LogP contribution is -2.54. The normalized spacial score (nSPS) is 19.7. The number of halogens is 1. The molecule has 1 aromatic rings. The summed E-state index contributed by atoms with van der Waals surface area (Å²) in [5.74, 6) is 0.540. The zero-order chi connectivity index (χ0) is 15.4. The van der Waals surface area contributed by atoms with Crippen molar-refractivity contribution in [1.29, 1.82) is 0 Å². The Kier molecular flexibility index (Phi) is 6.81. The SMILES string of the molecule is CN(C(=O)C1CNC1)C1CCN(CCc2ccccn2)CC1.Cl. The predicted octanol–water partition coefficient (Wildman–Crippen LogP) is 1.19. The van der Waals surface area contributed by atoms with Crippen molar-refractivity contribution < 1.29 is 4.79 Å². The van der Waals surface area contributed by atoms with Gasteiger partial charge in [-0.1, -0.05) is 6.07 Å². The molecular weight excluding hydrogens is 312 g/mol. The van der Waals surface area contributed by atoms with Crippen LogP contribution < -0.4 is 5.32 Å². The Morgan fingerprint density at radius 3 is 2.65 bits per heavy atom. The topological polar surface area (TPSA) is 48.5 Å². The van der Waals surface area contributed by atoms with E-state index in [0.717, 1.165) is 57.7 Å². The number of amides is 1. The van der Waals surface area contributed by atoms with Crippen molar-refractivity contribution >= 4 is 18.3 Å². The van der Waals surface area contributed by atoms with Gasteiger partial charge >= 0.3 is 0 Å². The number of nitrogens with one attached hydrogen (secondary N) is 1. The zero-order valence-electron chi connectivity index (χ0n) is 13.8. The van der Waals surface area contributed by atoms with E-state index in [0.29, 0.717) is 11.9 Å². The Bertz CT molecular complexity index is 487. The van der Waals surface area contributed by atoms with Gasteiger partial charge in [-0.15, -0.1) is 12.4 Å². The van der Waals surface area contributed by atoms with Crippen LogP contribution in [0.5, 0.6) is 0 Å². The molecule has 0 spiro atoms. The van der Waals surface area contributed by atoms with E-state index < -0.39 is 0 Å². The minimum absolute atomic E-state index is 0. The minimum atomic E-state index is 0. The lowest BCUT2D eigenvalue weighted by molar-refractivity contribution is -0.138. The van der Waals surface area contributed by atoms with Crippen molar-refractivity contribution in [1.82, 2.24) is 20.1 Å². The quantitative estimate of drug-likeness (QED) is 0.876. The molecule has 5 nitrogen and oxygen atoms in total. The van der Waals surface area contributed by atoms with Crippen LogP contribution in [0.15, 0.2) is 24.4 Å². The Hall–Kier alpha value is -1.17. The number of hydrogen-bond donors (Lipinski definition) is 1. The number of nitrogens with zero attached hydrogens (tertiary/aromatic N) is 3. The van der Waals surface area contributed by atoms with Crippen molar-refractivity contribution in [2.45, 2.75) is 25.3 Å². The smallest absolute Gasteiger partial charge is 0.228 e. The summed E-state index contributed by atoms with van der Waals surface area (Å²) in [6.45, 7) is 4.93. The molecule has 1 aromatic heterocycles. The molecule has 2 aliphatic heterocycles. The second-order valence-corrected chi connectivity index (χ2v) is 6.45. The Morgan fingerprint density at radius 2 is 2.09 bits per heavy atom. The molecule has 2 fully saturated rings. The first kappa shape index (κ1) is 18.2. The molecule has 0 aliphatic carbocycles. The van der Waals surface area contributed by atoms with Gasteiger partial charge in [-0.3, -0.25) is 9.78 Å². The summed E-state index contributed by atoms with van der Waals surface area (Å²) in [6, 6.07) is 6.51. The fourth-order valence-corrected chi connectivity index (χ4v) is 3.28. The number of hydrogen-bond acceptors (Lipinski definition) is 4. The molecule has 0 saturated carbocycles. The molecule has 0 aromatic carbocycles. The molecule has 2 aliphatic rings. The van der Waals surface area contributed by atoms with Crippen LogP contribution in [-0.2, 0) is 11.2 Å². The van der Waals surface area contributed by atoms with Gasteiger partial charge < -0.3 is 15.1 Å². The second-order valence-electron chi connectivity index (χ2n) is 6.45. The van der Waals surface area contributed by atoms with E-state index in [2.05, 4.69) is 21.3 Å². The largest absolute Gasteiger partial charge is 0.342 e. The summed E-state index contributed by atoms with van der Waals surface area (Å²) < 4.78 is 0. The van der Waals surface area contributed by atoms with Crippen LogP contribution >= 0.6 is 12.4 Å². The van der Waals surface area contributed by atoms with E-state index in [9.17, 15) is 4.79 Å². The molecule has 23 heavy (non-hydrogen) atoms. The average molecular weight is 339 g/mol. The molecule has 0 unspecified atom stereocenters. The highest BCUT2D eigenvalue weighted by atomic mass is 35.5. The maximum atomic E-state index is 12.3. The van der Waals surface area contributed by atoms with Crippen molar-refractivity contribution in [2.24, 2.45) is 5.92 Å². The molecular formula is C17H27ClN4O. The first-order valence-electron chi connectivity index (χ1n) is 8.33. The van der Waals surface area contributed by atoms with E-state index in [1.807, 2.05) is 30.3 Å². The highest BCUT2D eigenvalue weighted by Gasteiger charge is 2.32. The molecule has 128 valence electrons. The molecule has 6 heteroatoms. The summed E-state index contributed by atoms with van der Waals surface area (Å²) in [4.78, 5) is 21.2. The van der Waals surface area contributed by atoms with Gasteiger partial charge in [-0.25, -0.2) is 0 Å². The summed E-state index contributed by atoms with van der Waals surface area (Å²) in [7, 11) is 1.98. The Balaban J connectivity index is 0.00000192. The van der Waals surface area contributed by atoms with Gasteiger partial charge in [0.2, 0.25) is 5.91 Å². The van der Waals surface area contributed by atoms with E-state index in [4.69, 9.17) is 0 Å². The molecule has 1 N–H and O–H groups in total. The summed E-state index contributed by atoms with van der Waals surface area (Å²) in [5.41, 5.74) is 1.16. The van der Waals surface area contributed by atoms with Gasteiger partial charge in [0.05, 0.1) is 5.92 Å². The molecule has 0 radical (unpaired) electrons. The van der Waals surface area contributed by atoms with Gasteiger partial charge in [0.25, 0.3) is 0 Å². The predicted molar refractivity (Wildman–Crippen MR) is 93.8 cm³/mol. The van der Waals surface area contributed by atoms with Crippen molar-refractivity contribution in [2.75, 3.05) is 39.8 Å². The van der Waals surface area contributed by atoms with Crippen LogP contribution in [0.1, 0.15) is 18.5 Å². The molecule has 3 rings (SSSR count). The van der Waals surface area contributed by atoms with Crippen LogP contribution in [0.25, 0.3) is 0 Å². The third-order valence-electron chi connectivity index (χ3n) is 4.99. The van der Waals surface area contributed by atoms with Crippen LogP contribution in [0.4, 0.5) is 0 Å². The number of aromatic nitrogens is 1. The van der Waals surface area contributed by atoms with E-state index >= 15 is 0 Å². The van der Waals surface area contributed by atoms with Gasteiger partial charge in [0.15, 0.2) is 0 Å². The van der Waals surface area contributed by atoms with Crippen LogP contribution in [0, 0.1) is 5.92 Å². The van der Waals surface area contributed by atoms with Gasteiger partial charge in [0.1, 0.15) is 0 Å². The standard InChI is InChI=1S/C17H26N4O.ClH/c1-20(17(22)14-12-18-13-14)16-6-10-21(11-7-16)9-5-15-4-2-3-8-19-15;/h2-4,8,14,16,18H,5-7,9-13H2,1H3;1H. The minimum Gasteiger partial charge on any atom is -0.342 e. The second kappa shape index (κ2) is 8.62. The molecule has 1 amide bonds. The fraction of sp³-hybridized carbons (Fsp3) is 0.647. The number of rotatable bonds is 5. The number of carbonyl (C=O) groups is 1. The molecule has 0 bridgehead atoms. The average Bonchev–Trinajstić information content (AvgIpc) is 2.52. The number of likely N-dealkylation sites (tertiary alicyclic amines) is 1. The first-order valence-corrected chi connectivity index (χ1v) is 8.33. The molecule has 0 atom stereocenters. The van der Waals surface area contributed by atoms with Crippen LogP contribution in [-0.4, -0.2) is 66.5 Å². The highest BCUT2D eigenvalue weighted by Crippen LogP contribution is 2.18. The lowest BCUT2D eigenvalue weighted by Gasteiger charge is -2.39. The van der Waals surface area contributed by atoms with Crippen LogP contribution in [0.3, 0.4) is 0 Å². The summed E-state index contributed by atoms with van der Waals surface area (Å²) >= 11 is 0. The first-order chi connectivity index (χ1) is 10.7. The Labute approximate surface area is 144 Å². The van der Waals surface area contributed by atoms with Gasteiger partial charge in [0, 0.05) is 64.1 Å². The zero-order valence-corrected chi connectivity index (χ0v) is 14.6. The highest BCUT2D eigenvalue weighted by molar-refractivity contribution is 5.85. The van der Waals surface area contributed by atoms with Gasteiger partial charge in [-0.05, 0) is 25.0 Å². The molecule has 2 saturated heterocycles. The third kappa shape index (κ3) is 4.66. The Morgan fingerprint density at radius 1 is 1.35 bits per heavy atom. The summed E-state index contributed by atoms with van der Waals surface area (Å²) in [6.07, 6.45) is 5.04. The van der Waals surface area contributed by atoms with Crippen LogP contribution in [0.2, 0.25) is 0 Å². The maximum absolute atomic E-state index is 12.3. The van der Waals surface area contributed by atoms with Crippen molar-refractivity contribution in [3.8, 4) is 0 Å². The molecule has 3 heterocycles. The fourth-order valence-electron chi connectivity index (χ4n) is 3.28. The number of piperidine rings is 1. The number of carbonyl (C=O) groups excluding carboxylic acids is 1.